The molecule has 0 aliphatic rings. The number of nitrogens with one attached hydrogen (secondary N) is 1. The van der Waals surface area contributed by atoms with E-state index in [4.69, 9.17) is 11.6 Å². The molecule has 0 saturated carbocycles. The third kappa shape index (κ3) is 2.38. The van der Waals surface area contributed by atoms with Crippen LogP contribution in [0.15, 0.2) is 0 Å². The van der Waals surface area contributed by atoms with Crippen LogP contribution < -0.4 is 5.32 Å². The van der Waals surface area contributed by atoms with E-state index in [-0.39, 0.29) is 5.91 Å². The zero-order chi connectivity index (χ0) is 15.2. The Hall–Kier alpha value is -1.62. The van der Waals surface area contributed by atoms with Crippen molar-refractivity contribution in [2.24, 2.45) is 12.5 Å². The lowest BCUT2D eigenvalue weighted by Crippen LogP contribution is -2.28. The highest BCUT2D eigenvalue weighted by Gasteiger charge is 2.24. The lowest BCUT2D eigenvalue weighted by atomic mass is 9.96. The van der Waals surface area contributed by atoms with Gasteiger partial charge < -0.3 is 5.32 Å². The van der Waals surface area contributed by atoms with Gasteiger partial charge in [-0.1, -0.05) is 32.4 Å². The average Bonchev–Trinajstić information content (AvgIpc) is 2.62. The summed E-state index contributed by atoms with van der Waals surface area (Å²) in [6.45, 7) is 9.34. The van der Waals surface area contributed by atoms with Gasteiger partial charge >= 0.3 is 0 Å². The molecular formula is C14H19ClN4O. The summed E-state index contributed by atoms with van der Waals surface area (Å²) in [5.41, 5.74) is 1.87. The van der Waals surface area contributed by atoms with E-state index in [0.717, 1.165) is 16.6 Å². The Morgan fingerprint density at radius 1 is 1.30 bits per heavy atom. The van der Waals surface area contributed by atoms with E-state index in [0.29, 0.717) is 16.5 Å². The van der Waals surface area contributed by atoms with Crippen molar-refractivity contribution in [3.8, 4) is 0 Å². The molecule has 1 N–H and O–H groups in total. The molecule has 1 amide bonds. The SMILES string of the molecule is Cc1nc2c(c(NC(=O)C(C)(C)C)nn2C)c(C)c1Cl. The van der Waals surface area contributed by atoms with E-state index >= 15 is 0 Å². The average molecular weight is 295 g/mol. The first-order valence-electron chi connectivity index (χ1n) is 6.43. The zero-order valence-corrected chi connectivity index (χ0v) is 13.4. The number of carbonyl (C=O) groups is 1. The highest BCUT2D eigenvalue weighted by atomic mass is 35.5. The number of aromatic nitrogens is 3. The number of nitrogens with zero attached hydrogens (tertiary/aromatic N) is 3. The Labute approximate surface area is 123 Å². The van der Waals surface area contributed by atoms with Crippen molar-refractivity contribution in [2.75, 3.05) is 5.32 Å². The summed E-state index contributed by atoms with van der Waals surface area (Å²) >= 11 is 6.25. The Morgan fingerprint density at radius 2 is 1.90 bits per heavy atom. The van der Waals surface area contributed by atoms with Crippen LogP contribution in [-0.4, -0.2) is 20.7 Å². The molecule has 0 spiro atoms. The van der Waals surface area contributed by atoms with Crippen LogP contribution in [0.5, 0.6) is 0 Å². The number of amides is 1. The summed E-state index contributed by atoms with van der Waals surface area (Å²) in [7, 11) is 1.80. The van der Waals surface area contributed by atoms with Gasteiger partial charge in [0, 0.05) is 12.5 Å². The van der Waals surface area contributed by atoms with Crippen molar-refractivity contribution in [3.05, 3.63) is 16.3 Å². The normalized spacial score (nSPS) is 11.9. The van der Waals surface area contributed by atoms with E-state index < -0.39 is 5.41 Å². The Bertz CT molecular complexity index is 697. The van der Waals surface area contributed by atoms with Crippen LogP contribution in [-0.2, 0) is 11.8 Å². The first kappa shape index (κ1) is 14.8. The third-order valence-corrected chi connectivity index (χ3v) is 3.78. The van der Waals surface area contributed by atoms with Crippen LogP contribution in [0.2, 0.25) is 5.02 Å². The van der Waals surface area contributed by atoms with Crippen LogP contribution in [0.4, 0.5) is 5.82 Å². The van der Waals surface area contributed by atoms with Gasteiger partial charge in [0.05, 0.1) is 16.1 Å². The monoisotopic (exact) mass is 294 g/mol. The first-order valence-corrected chi connectivity index (χ1v) is 6.81. The highest BCUT2D eigenvalue weighted by Crippen LogP contribution is 2.31. The fourth-order valence-electron chi connectivity index (χ4n) is 1.96. The smallest absolute Gasteiger partial charge is 0.230 e. The standard InChI is InChI=1S/C14H19ClN4O/c1-7-9-11(17-13(20)14(3,4)5)18-19(6)12(9)16-8(2)10(7)15/h1-6H3,(H,17,18,20). The molecule has 0 aromatic carbocycles. The second-order valence-corrected chi connectivity index (χ2v) is 6.39. The van der Waals surface area contributed by atoms with Gasteiger partial charge in [-0.2, -0.15) is 5.10 Å². The minimum Gasteiger partial charge on any atom is -0.308 e. The lowest BCUT2D eigenvalue weighted by molar-refractivity contribution is -0.123. The summed E-state index contributed by atoms with van der Waals surface area (Å²) in [6.07, 6.45) is 0. The number of anilines is 1. The van der Waals surface area contributed by atoms with Crippen molar-refractivity contribution in [2.45, 2.75) is 34.6 Å². The van der Waals surface area contributed by atoms with Crippen LogP contribution in [0.3, 0.4) is 0 Å². The highest BCUT2D eigenvalue weighted by molar-refractivity contribution is 6.33. The maximum Gasteiger partial charge on any atom is 0.230 e. The van der Waals surface area contributed by atoms with Crippen molar-refractivity contribution in [1.82, 2.24) is 14.8 Å². The van der Waals surface area contributed by atoms with E-state index in [1.807, 2.05) is 34.6 Å². The van der Waals surface area contributed by atoms with Crippen molar-refractivity contribution in [1.29, 1.82) is 0 Å². The summed E-state index contributed by atoms with van der Waals surface area (Å²) in [5.74, 6) is 0.419. The van der Waals surface area contributed by atoms with Crippen LogP contribution >= 0.6 is 11.6 Å². The summed E-state index contributed by atoms with van der Waals surface area (Å²) in [4.78, 5) is 16.6. The van der Waals surface area contributed by atoms with Gasteiger partial charge in [0.1, 0.15) is 0 Å². The molecule has 0 saturated heterocycles. The van der Waals surface area contributed by atoms with Gasteiger partial charge in [-0.3, -0.25) is 4.79 Å². The Morgan fingerprint density at radius 3 is 2.45 bits per heavy atom. The second kappa shape index (κ2) is 4.74. The largest absolute Gasteiger partial charge is 0.308 e. The van der Waals surface area contributed by atoms with E-state index in [2.05, 4.69) is 15.4 Å². The minimum absolute atomic E-state index is 0.0893. The molecule has 0 atom stereocenters. The van der Waals surface area contributed by atoms with Gasteiger partial charge in [0.15, 0.2) is 11.5 Å². The lowest BCUT2D eigenvalue weighted by Gasteiger charge is -2.16. The van der Waals surface area contributed by atoms with Crippen molar-refractivity contribution >= 4 is 34.4 Å². The van der Waals surface area contributed by atoms with Gasteiger partial charge in [-0.05, 0) is 19.4 Å². The molecule has 0 bridgehead atoms. The maximum atomic E-state index is 12.1. The molecule has 20 heavy (non-hydrogen) atoms. The molecule has 0 radical (unpaired) electrons. The fraction of sp³-hybridized carbons (Fsp3) is 0.500. The minimum atomic E-state index is -0.486. The van der Waals surface area contributed by atoms with Gasteiger partial charge in [-0.25, -0.2) is 9.67 Å². The number of hydrogen-bond donors (Lipinski definition) is 1. The van der Waals surface area contributed by atoms with Gasteiger partial charge in [0.25, 0.3) is 0 Å². The van der Waals surface area contributed by atoms with Crippen LogP contribution in [0.1, 0.15) is 32.0 Å². The van der Waals surface area contributed by atoms with Crippen LogP contribution in [0, 0.1) is 19.3 Å². The van der Waals surface area contributed by atoms with Crippen LogP contribution in [0.25, 0.3) is 11.0 Å². The quantitative estimate of drug-likeness (QED) is 0.878. The number of fused-ring (bicyclic) bond motifs is 1. The van der Waals surface area contributed by atoms with Crippen molar-refractivity contribution in [3.63, 3.8) is 0 Å². The van der Waals surface area contributed by atoms with Gasteiger partial charge in [0.2, 0.25) is 5.91 Å². The van der Waals surface area contributed by atoms with Gasteiger partial charge in [-0.15, -0.1) is 0 Å². The maximum absolute atomic E-state index is 12.1. The predicted molar refractivity (Wildman–Crippen MR) is 81.1 cm³/mol. The number of carbonyl (C=O) groups excluding carboxylic acids is 1. The Balaban J connectivity index is 2.61. The first-order chi connectivity index (χ1) is 9.12. The summed E-state index contributed by atoms with van der Waals surface area (Å²) in [6, 6.07) is 0. The molecule has 0 unspecified atom stereocenters. The van der Waals surface area contributed by atoms with E-state index in [1.165, 1.54) is 0 Å². The van der Waals surface area contributed by atoms with E-state index in [9.17, 15) is 4.79 Å². The molecule has 0 fully saturated rings. The molecule has 2 aromatic rings. The summed E-state index contributed by atoms with van der Waals surface area (Å²) < 4.78 is 1.66. The number of rotatable bonds is 1. The molecule has 2 aromatic heterocycles. The number of hydrogen-bond acceptors (Lipinski definition) is 3. The molecule has 2 heterocycles. The molecule has 108 valence electrons. The topological polar surface area (TPSA) is 59.8 Å². The zero-order valence-electron chi connectivity index (χ0n) is 12.6. The predicted octanol–water partition coefficient (Wildman–Crippen LogP) is 3.22. The molecular weight excluding hydrogens is 276 g/mol. The molecule has 5 nitrogen and oxygen atoms in total. The molecule has 0 aliphatic carbocycles. The molecule has 6 heteroatoms. The number of pyridine rings is 1. The summed E-state index contributed by atoms with van der Waals surface area (Å²) in [5, 5.41) is 8.61. The second-order valence-electron chi connectivity index (χ2n) is 6.01. The van der Waals surface area contributed by atoms with Crippen molar-refractivity contribution < 1.29 is 4.79 Å². The Kier molecular flexibility index (Phi) is 3.50. The number of halogens is 1. The fourth-order valence-corrected chi connectivity index (χ4v) is 2.10. The molecule has 2 rings (SSSR count). The molecule has 0 aliphatic heterocycles. The van der Waals surface area contributed by atoms with E-state index in [1.54, 1.807) is 11.7 Å². The third-order valence-electron chi connectivity index (χ3n) is 3.23. The number of aryl methyl sites for hydroxylation is 3.